The van der Waals surface area contributed by atoms with Crippen molar-refractivity contribution in [2.45, 2.75) is 19.3 Å². The lowest BCUT2D eigenvalue weighted by Crippen LogP contribution is -1.99. The third kappa shape index (κ3) is 6.96. The maximum Gasteiger partial charge on any atom is 0.203 e. The van der Waals surface area contributed by atoms with E-state index in [1.807, 2.05) is 0 Å². The fraction of sp³-hybridized carbons (Fsp3) is 0.667. The predicted octanol–water partition coefficient (Wildman–Crippen LogP) is 1.07. The van der Waals surface area contributed by atoms with Gasteiger partial charge in [0, 0.05) is 17.8 Å². The summed E-state index contributed by atoms with van der Waals surface area (Å²) in [6.45, 7) is 0.0433. The molecule has 0 aliphatic carbocycles. The van der Waals surface area contributed by atoms with Crippen LogP contribution in [0.1, 0.15) is 19.3 Å². The van der Waals surface area contributed by atoms with Gasteiger partial charge in [0.1, 0.15) is 0 Å². The van der Waals surface area contributed by atoms with Crippen LogP contribution in [0.5, 0.6) is 0 Å². The van der Waals surface area contributed by atoms with Crippen molar-refractivity contribution in [1.29, 1.82) is 0 Å². The first-order valence-corrected chi connectivity index (χ1v) is 2.82. The molecule has 0 N–H and O–H groups in total. The minimum absolute atomic E-state index is 0.0433. The van der Waals surface area contributed by atoms with E-state index < -0.39 is 0 Å². The molecule has 0 radical (unpaired) electrons. The van der Waals surface area contributed by atoms with Crippen LogP contribution in [0.3, 0.4) is 0 Å². The van der Waals surface area contributed by atoms with Crippen LogP contribution in [0, 0.1) is 22.5 Å². The van der Waals surface area contributed by atoms with Gasteiger partial charge in [-0.05, 0) is 6.42 Å². The van der Waals surface area contributed by atoms with E-state index in [9.17, 15) is 10.1 Å². The van der Waals surface area contributed by atoms with Crippen LogP contribution in [0.25, 0.3) is 0 Å². The number of hydrogen-bond acceptors (Lipinski definition) is 2. The lowest BCUT2D eigenvalue weighted by atomic mass is 10.2. The summed E-state index contributed by atoms with van der Waals surface area (Å²) in [4.78, 5) is 9.39. The van der Waals surface area contributed by atoms with E-state index in [0.29, 0.717) is 12.8 Å². The zero-order valence-corrected chi connectivity index (χ0v) is 5.17. The van der Waals surface area contributed by atoms with E-state index in [2.05, 4.69) is 5.92 Å². The number of unbranched alkanes of at least 4 members (excludes halogenated alkanes) is 2. The van der Waals surface area contributed by atoms with Gasteiger partial charge >= 0.3 is 0 Å². The highest BCUT2D eigenvalue weighted by molar-refractivity contribution is 4.82. The third-order valence-electron chi connectivity index (χ3n) is 0.912. The van der Waals surface area contributed by atoms with E-state index in [1.165, 1.54) is 0 Å². The Bertz CT molecular complexity index is 126. The van der Waals surface area contributed by atoms with E-state index >= 15 is 0 Å². The Hall–Kier alpha value is -1.04. The maximum absolute atomic E-state index is 9.72. The third-order valence-corrected chi connectivity index (χ3v) is 0.912. The first kappa shape index (κ1) is 7.96. The molecule has 3 heteroatoms. The maximum atomic E-state index is 9.72. The van der Waals surface area contributed by atoms with Gasteiger partial charge in [0.25, 0.3) is 0 Å². The molecule has 0 rings (SSSR count). The lowest BCUT2D eigenvalue weighted by molar-refractivity contribution is -0.480. The molecule has 0 aromatic carbocycles. The topological polar surface area (TPSA) is 43.1 Å². The average Bonchev–Trinajstić information content (AvgIpc) is 1.80. The smallest absolute Gasteiger partial charge is 0.203 e. The summed E-state index contributed by atoms with van der Waals surface area (Å²) in [5.74, 6) is 2.42. The molecule has 0 spiro atoms. The molecule has 50 valence electrons. The Morgan fingerprint density at radius 3 is 2.67 bits per heavy atom. The van der Waals surface area contributed by atoms with Gasteiger partial charge in [-0.15, -0.1) is 12.3 Å². The number of hydrogen-bond donors (Lipinski definition) is 0. The molecule has 0 aromatic rings. The Kier molecular flexibility index (Phi) is 4.51. The molecule has 0 saturated heterocycles. The van der Waals surface area contributed by atoms with Crippen molar-refractivity contribution in [2.75, 3.05) is 6.54 Å². The highest BCUT2D eigenvalue weighted by Crippen LogP contribution is 1.92. The summed E-state index contributed by atoms with van der Waals surface area (Å²) in [7, 11) is 0. The minimum Gasteiger partial charge on any atom is -0.265 e. The molecule has 0 bridgehead atoms. The second-order valence-electron chi connectivity index (χ2n) is 1.72. The standard InChI is InChI=1S/C6H9NO2/c1-2-3-4-5-6-7(8)9/h1H,3-6H2. The van der Waals surface area contributed by atoms with Gasteiger partial charge < -0.3 is 0 Å². The van der Waals surface area contributed by atoms with Crippen LogP contribution in [0.2, 0.25) is 0 Å². The van der Waals surface area contributed by atoms with Gasteiger partial charge in [0.2, 0.25) is 6.54 Å². The van der Waals surface area contributed by atoms with Crippen molar-refractivity contribution < 1.29 is 4.92 Å². The fourth-order valence-electron chi connectivity index (χ4n) is 0.468. The molecule has 0 amide bonds. The quantitative estimate of drug-likeness (QED) is 0.245. The normalized spacial score (nSPS) is 8.33. The van der Waals surface area contributed by atoms with Gasteiger partial charge in [-0.25, -0.2) is 0 Å². The fourth-order valence-corrected chi connectivity index (χ4v) is 0.468. The van der Waals surface area contributed by atoms with Gasteiger partial charge in [-0.2, -0.15) is 0 Å². The lowest BCUT2D eigenvalue weighted by Gasteiger charge is -1.88. The van der Waals surface area contributed by atoms with Crippen LogP contribution in [-0.2, 0) is 0 Å². The van der Waals surface area contributed by atoms with E-state index in [0.717, 1.165) is 6.42 Å². The second-order valence-corrected chi connectivity index (χ2v) is 1.72. The SMILES string of the molecule is C#CCCCC[N+](=O)[O-]. The van der Waals surface area contributed by atoms with Crippen LogP contribution in [-0.4, -0.2) is 11.5 Å². The van der Waals surface area contributed by atoms with Crippen LogP contribution >= 0.6 is 0 Å². The van der Waals surface area contributed by atoms with Crippen molar-refractivity contribution in [3.63, 3.8) is 0 Å². The largest absolute Gasteiger partial charge is 0.265 e. The van der Waals surface area contributed by atoms with Crippen molar-refractivity contribution >= 4 is 0 Å². The first-order valence-electron chi connectivity index (χ1n) is 2.82. The molecule has 0 fully saturated rings. The minimum atomic E-state index is -0.323. The summed E-state index contributed by atoms with van der Waals surface area (Å²) in [6, 6.07) is 0. The van der Waals surface area contributed by atoms with Crippen molar-refractivity contribution in [3.8, 4) is 12.3 Å². The average molecular weight is 127 g/mol. The van der Waals surface area contributed by atoms with Crippen molar-refractivity contribution in [1.82, 2.24) is 0 Å². The highest BCUT2D eigenvalue weighted by Gasteiger charge is 1.93. The Morgan fingerprint density at radius 1 is 1.56 bits per heavy atom. The van der Waals surface area contributed by atoms with Gasteiger partial charge in [0.15, 0.2) is 0 Å². The van der Waals surface area contributed by atoms with Gasteiger partial charge in [0.05, 0.1) is 0 Å². The van der Waals surface area contributed by atoms with Crippen molar-refractivity contribution in [3.05, 3.63) is 10.1 Å². The molecule has 0 saturated carbocycles. The summed E-state index contributed by atoms with van der Waals surface area (Å²) < 4.78 is 0. The molecule has 0 atom stereocenters. The molecule has 0 aliphatic rings. The monoisotopic (exact) mass is 127 g/mol. The van der Waals surface area contributed by atoms with E-state index in [1.54, 1.807) is 0 Å². The molecular weight excluding hydrogens is 118 g/mol. The van der Waals surface area contributed by atoms with E-state index in [4.69, 9.17) is 6.42 Å². The zero-order chi connectivity index (χ0) is 7.11. The second kappa shape index (κ2) is 5.10. The molecule has 3 nitrogen and oxygen atoms in total. The van der Waals surface area contributed by atoms with Crippen LogP contribution in [0.4, 0.5) is 0 Å². The number of nitrogens with zero attached hydrogens (tertiary/aromatic N) is 1. The summed E-state index contributed by atoms with van der Waals surface area (Å²) >= 11 is 0. The first-order chi connectivity index (χ1) is 4.27. The predicted molar refractivity (Wildman–Crippen MR) is 34.5 cm³/mol. The molecule has 0 heterocycles. The highest BCUT2D eigenvalue weighted by atomic mass is 16.6. The number of nitro groups is 1. The van der Waals surface area contributed by atoms with E-state index in [-0.39, 0.29) is 11.5 Å². The van der Waals surface area contributed by atoms with Crippen molar-refractivity contribution in [2.24, 2.45) is 0 Å². The Balaban J connectivity index is 2.94. The molecule has 0 unspecified atom stereocenters. The molecular formula is C6H9NO2. The van der Waals surface area contributed by atoms with Crippen LogP contribution < -0.4 is 0 Å². The molecule has 9 heavy (non-hydrogen) atoms. The summed E-state index contributed by atoms with van der Waals surface area (Å²) in [5, 5.41) is 9.72. The zero-order valence-electron chi connectivity index (χ0n) is 5.17. The van der Waals surface area contributed by atoms with Crippen LogP contribution in [0.15, 0.2) is 0 Å². The molecule has 0 aromatic heterocycles. The summed E-state index contributed by atoms with van der Waals surface area (Å²) in [6.07, 6.45) is 6.93. The molecule has 0 aliphatic heterocycles. The Labute approximate surface area is 54.2 Å². The number of rotatable bonds is 4. The Morgan fingerprint density at radius 2 is 2.22 bits per heavy atom. The number of terminal acetylenes is 1. The van der Waals surface area contributed by atoms with Gasteiger partial charge in [-0.1, -0.05) is 0 Å². The summed E-state index contributed by atoms with van der Waals surface area (Å²) in [5.41, 5.74) is 0. The van der Waals surface area contributed by atoms with Gasteiger partial charge in [-0.3, -0.25) is 10.1 Å².